The van der Waals surface area contributed by atoms with Crippen LogP contribution in [0.25, 0.3) is 0 Å². The molecule has 0 aliphatic carbocycles. The zero-order valence-corrected chi connectivity index (χ0v) is 5.72. The fourth-order valence-electron chi connectivity index (χ4n) is 0.249. The van der Waals surface area contributed by atoms with Crippen molar-refractivity contribution >= 4 is 24.2 Å². The van der Waals surface area contributed by atoms with Crippen LogP contribution in [0.15, 0.2) is 15.4 Å². The molecule has 6 heteroatoms. The van der Waals surface area contributed by atoms with Gasteiger partial charge in [-0.3, -0.25) is 9.59 Å². The number of hydrogen-bond donors (Lipinski definition) is 0. The first kappa shape index (κ1) is 9.28. The molecule has 1 rings (SSSR count). The fraction of sp³-hybridized carbons (Fsp3) is 0.200. The van der Waals surface area contributed by atoms with Gasteiger partial charge in [0.15, 0.2) is 0 Å². The van der Waals surface area contributed by atoms with Gasteiger partial charge in [-0.1, -0.05) is 5.11 Å². The molecular formula is C5H5N3O3. The molecule has 0 aromatic heterocycles. The Morgan fingerprint density at radius 2 is 2.00 bits per heavy atom. The van der Waals surface area contributed by atoms with Gasteiger partial charge in [0.2, 0.25) is 0 Å². The summed E-state index contributed by atoms with van der Waals surface area (Å²) in [6, 6.07) is 0. The van der Waals surface area contributed by atoms with E-state index in [2.05, 4.69) is 15.4 Å². The van der Waals surface area contributed by atoms with Gasteiger partial charge in [0.25, 0.3) is 5.78 Å². The van der Waals surface area contributed by atoms with Crippen LogP contribution in [0.5, 0.6) is 0 Å². The van der Waals surface area contributed by atoms with Crippen molar-refractivity contribution in [2.75, 3.05) is 0 Å². The van der Waals surface area contributed by atoms with Crippen molar-refractivity contribution in [2.45, 2.75) is 6.92 Å². The van der Waals surface area contributed by atoms with E-state index in [0.29, 0.717) is 0 Å². The summed E-state index contributed by atoms with van der Waals surface area (Å²) in [5, 5.41) is 8.85. The monoisotopic (exact) mass is 155 g/mol. The van der Waals surface area contributed by atoms with Gasteiger partial charge in [0.1, 0.15) is 12.5 Å². The molecule has 0 saturated heterocycles. The number of hydrogen-bond acceptors (Lipinski definition) is 5. The highest BCUT2D eigenvalue weighted by atomic mass is 16.2. The van der Waals surface area contributed by atoms with E-state index in [1.165, 1.54) is 6.92 Å². The number of nitrogens with zero attached hydrogens (tertiary/aromatic N) is 3. The standard InChI is InChI=1S/C3HN3O2.C2H4O/c7-2-1-4-6-5-3(2)8;1-2-3/h1H;2H,1H3. The first-order valence-electron chi connectivity index (χ1n) is 2.64. The first-order valence-corrected chi connectivity index (χ1v) is 2.64. The lowest BCUT2D eigenvalue weighted by Gasteiger charge is -1.85. The smallest absolute Gasteiger partial charge is 0.304 e. The number of ketones is 1. The van der Waals surface area contributed by atoms with E-state index in [1.54, 1.807) is 0 Å². The summed E-state index contributed by atoms with van der Waals surface area (Å²) in [5.41, 5.74) is 0. The number of aldehydes is 1. The Labute approximate surface area is 62.0 Å². The second-order valence-corrected chi connectivity index (χ2v) is 1.34. The van der Waals surface area contributed by atoms with E-state index in [0.717, 1.165) is 12.5 Å². The topological polar surface area (TPSA) is 88.3 Å². The van der Waals surface area contributed by atoms with Gasteiger partial charge in [-0.15, -0.1) is 5.10 Å². The van der Waals surface area contributed by atoms with Crippen LogP contribution in [-0.2, 0) is 14.4 Å². The van der Waals surface area contributed by atoms with Crippen LogP contribution in [0, 0.1) is 0 Å². The largest absolute Gasteiger partial charge is 0.338 e. The highest BCUT2D eigenvalue weighted by Crippen LogP contribution is 1.86. The maximum atomic E-state index is 10.1. The van der Waals surface area contributed by atoms with Gasteiger partial charge in [-0.2, -0.15) is 0 Å². The molecule has 6 nitrogen and oxygen atoms in total. The molecule has 0 saturated carbocycles. The average molecular weight is 155 g/mol. The SMILES string of the molecule is CC=O.O=C1C=NN=NC1=O. The van der Waals surface area contributed by atoms with E-state index < -0.39 is 11.7 Å². The van der Waals surface area contributed by atoms with Crippen LogP contribution >= 0.6 is 0 Å². The van der Waals surface area contributed by atoms with E-state index >= 15 is 0 Å². The molecule has 1 heterocycles. The summed E-state index contributed by atoms with van der Waals surface area (Å²) in [7, 11) is 0. The molecule has 0 atom stereocenters. The number of Topliss-reactive ketones (excluding diaryl/α,β-unsaturated/α-hetero) is 1. The van der Waals surface area contributed by atoms with Crippen molar-refractivity contribution in [3.05, 3.63) is 0 Å². The average Bonchev–Trinajstić information content (AvgIpc) is 1.97. The second-order valence-electron chi connectivity index (χ2n) is 1.34. The van der Waals surface area contributed by atoms with Crippen molar-refractivity contribution in [1.82, 2.24) is 0 Å². The zero-order valence-electron chi connectivity index (χ0n) is 5.72. The van der Waals surface area contributed by atoms with Crippen molar-refractivity contribution < 1.29 is 14.4 Å². The van der Waals surface area contributed by atoms with Crippen LogP contribution in [0.4, 0.5) is 0 Å². The van der Waals surface area contributed by atoms with Crippen LogP contribution in [0.3, 0.4) is 0 Å². The Bertz CT molecular complexity index is 209. The minimum Gasteiger partial charge on any atom is -0.304 e. The number of amides is 1. The highest BCUT2D eigenvalue weighted by Gasteiger charge is 2.11. The summed E-state index contributed by atoms with van der Waals surface area (Å²) in [5.74, 6) is -1.58. The Morgan fingerprint density at radius 3 is 2.27 bits per heavy atom. The van der Waals surface area contributed by atoms with E-state index in [4.69, 9.17) is 4.79 Å². The Morgan fingerprint density at radius 1 is 1.45 bits per heavy atom. The number of rotatable bonds is 0. The molecule has 58 valence electrons. The minimum atomic E-state index is -0.861. The predicted molar refractivity (Wildman–Crippen MR) is 35.1 cm³/mol. The maximum Gasteiger partial charge on any atom is 0.338 e. The Kier molecular flexibility index (Phi) is 4.30. The second kappa shape index (κ2) is 5.10. The minimum absolute atomic E-state index is 0.722. The molecule has 1 amide bonds. The van der Waals surface area contributed by atoms with Gasteiger partial charge in [-0.05, 0) is 12.1 Å². The lowest BCUT2D eigenvalue weighted by molar-refractivity contribution is -0.132. The molecule has 0 aromatic rings. The quantitative estimate of drug-likeness (QED) is 0.356. The molecule has 1 aliphatic rings. The summed E-state index contributed by atoms with van der Waals surface area (Å²) in [6.45, 7) is 1.44. The molecule has 0 N–H and O–H groups in total. The Balaban J connectivity index is 0.000000292. The maximum absolute atomic E-state index is 10.1. The van der Waals surface area contributed by atoms with Crippen molar-refractivity contribution in [2.24, 2.45) is 15.4 Å². The zero-order chi connectivity index (χ0) is 8.69. The third kappa shape index (κ3) is 3.79. The summed E-state index contributed by atoms with van der Waals surface area (Å²) in [6.07, 6.45) is 1.58. The molecule has 0 radical (unpaired) electrons. The van der Waals surface area contributed by atoms with Crippen LogP contribution in [0.2, 0.25) is 0 Å². The summed E-state index contributed by atoms with van der Waals surface area (Å²) >= 11 is 0. The lowest BCUT2D eigenvalue weighted by Crippen LogP contribution is -2.13. The van der Waals surface area contributed by atoms with Crippen LogP contribution in [-0.4, -0.2) is 24.2 Å². The number of carbonyl (C=O) groups excluding carboxylic acids is 3. The van der Waals surface area contributed by atoms with Gasteiger partial charge in [-0.25, -0.2) is 0 Å². The van der Waals surface area contributed by atoms with E-state index in [9.17, 15) is 9.59 Å². The molecule has 11 heavy (non-hydrogen) atoms. The summed E-state index contributed by atoms with van der Waals surface area (Å²) < 4.78 is 0. The number of carbonyl (C=O) groups is 3. The molecule has 0 unspecified atom stereocenters. The fourth-order valence-corrected chi connectivity index (χ4v) is 0.249. The lowest BCUT2D eigenvalue weighted by atomic mass is 10.4. The van der Waals surface area contributed by atoms with Gasteiger partial charge in [0.05, 0.1) is 0 Å². The third-order valence-electron chi connectivity index (χ3n) is 0.573. The van der Waals surface area contributed by atoms with Crippen LogP contribution < -0.4 is 0 Å². The van der Waals surface area contributed by atoms with Gasteiger partial charge >= 0.3 is 5.91 Å². The molecule has 1 aliphatic heterocycles. The normalized spacial score (nSPS) is 13.9. The highest BCUT2D eigenvalue weighted by molar-refractivity contribution is 6.58. The predicted octanol–water partition coefficient (Wildman–Crippen LogP) is -0.261. The first-order chi connectivity index (χ1) is 5.22. The van der Waals surface area contributed by atoms with Crippen molar-refractivity contribution in [1.29, 1.82) is 0 Å². The van der Waals surface area contributed by atoms with Crippen molar-refractivity contribution in [3.63, 3.8) is 0 Å². The van der Waals surface area contributed by atoms with Crippen molar-refractivity contribution in [3.8, 4) is 0 Å². The van der Waals surface area contributed by atoms with Gasteiger partial charge < -0.3 is 4.79 Å². The van der Waals surface area contributed by atoms with Crippen LogP contribution in [0.1, 0.15) is 6.92 Å². The van der Waals surface area contributed by atoms with Gasteiger partial charge in [0, 0.05) is 0 Å². The van der Waals surface area contributed by atoms with E-state index in [1.807, 2.05) is 0 Å². The molecule has 0 fully saturated rings. The summed E-state index contributed by atoms with van der Waals surface area (Å²) in [4.78, 5) is 29.0. The third-order valence-corrected chi connectivity index (χ3v) is 0.573. The molecule has 0 bridgehead atoms. The van der Waals surface area contributed by atoms with E-state index in [-0.39, 0.29) is 0 Å². The molecular weight excluding hydrogens is 150 g/mol. The molecule has 0 spiro atoms. The Hall–Kier alpha value is -1.72. The molecule has 0 aromatic carbocycles.